The van der Waals surface area contributed by atoms with Gasteiger partial charge in [0, 0.05) is 19.1 Å². The van der Waals surface area contributed by atoms with Crippen LogP contribution in [0.2, 0.25) is 0 Å². The monoisotopic (exact) mass is 232 g/mol. The molecule has 2 N–H and O–H groups in total. The minimum absolute atomic E-state index is 0.222. The van der Waals surface area contributed by atoms with Gasteiger partial charge in [0.1, 0.15) is 0 Å². The minimum atomic E-state index is -5.22. The highest BCUT2D eigenvalue weighted by Crippen LogP contribution is 2.21. The van der Waals surface area contributed by atoms with Crippen molar-refractivity contribution in [3.63, 3.8) is 0 Å². The molecule has 0 aliphatic heterocycles. The van der Waals surface area contributed by atoms with Crippen molar-refractivity contribution in [1.29, 1.82) is 0 Å². The lowest BCUT2D eigenvalue weighted by Crippen LogP contribution is -2.40. The Morgan fingerprint density at radius 2 is 1.79 bits per heavy atom. The summed E-state index contributed by atoms with van der Waals surface area (Å²) in [5, 5.41) is 2.89. The van der Waals surface area contributed by atoms with Crippen LogP contribution in [0.25, 0.3) is 0 Å². The lowest BCUT2D eigenvalue weighted by atomic mass is 10.6. The molecule has 0 spiro atoms. The third kappa shape index (κ3) is 3.43. The standard InChI is InChI=1S/C6H11F3N2O2S/c7-6(8,9)14(12,13)11-4-3-10-5-1-2-5/h5,10-11H,1-4H2. The van der Waals surface area contributed by atoms with Crippen LogP contribution in [-0.4, -0.2) is 33.1 Å². The van der Waals surface area contributed by atoms with Crippen LogP contribution >= 0.6 is 0 Å². The number of halogens is 3. The molecule has 1 rings (SSSR count). The summed E-state index contributed by atoms with van der Waals surface area (Å²) < 4.78 is 57.6. The SMILES string of the molecule is O=S(=O)(NCCNC1CC1)C(F)(F)F. The van der Waals surface area contributed by atoms with Crippen LogP contribution < -0.4 is 10.0 Å². The Kier molecular flexibility index (Phi) is 3.38. The normalized spacial score (nSPS) is 18.5. The van der Waals surface area contributed by atoms with Crippen molar-refractivity contribution in [3.8, 4) is 0 Å². The Balaban J connectivity index is 2.21. The molecule has 14 heavy (non-hydrogen) atoms. The zero-order chi connectivity index (χ0) is 10.8. The molecule has 0 amide bonds. The van der Waals surface area contributed by atoms with Crippen molar-refractivity contribution >= 4 is 10.0 Å². The number of hydrogen-bond donors (Lipinski definition) is 2. The maximum atomic E-state index is 11.8. The highest BCUT2D eigenvalue weighted by Gasteiger charge is 2.45. The van der Waals surface area contributed by atoms with Crippen LogP contribution in [0, 0.1) is 0 Å². The molecular weight excluding hydrogens is 221 g/mol. The third-order valence-corrected chi connectivity index (χ3v) is 2.93. The van der Waals surface area contributed by atoms with Crippen LogP contribution in [0.1, 0.15) is 12.8 Å². The third-order valence-electron chi connectivity index (χ3n) is 1.73. The van der Waals surface area contributed by atoms with Crippen molar-refractivity contribution in [1.82, 2.24) is 10.0 Å². The van der Waals surface area contributed by atoms with Gasteiger partial charge in [-0.15, -0.1) is 0 Å². The maximum absolute atomic E-state index is 11.8. The molecule has 0 atom stereocenters. The molecule has 0 heterocycles. The first kappa shape index (κ1) is 11.7. The zero-order valence-corrected chi connectivity index (χ0v) is 8.08. The van der Waals surface area contributed by atoms with E-state index in [4.69, 9.17) is 0 Å². The van der Waals surface area contributed by atoms with Crippen LogP contribution in [0.3, 0.4) is 0 Å². The molecule has 0 aromatic rings. The molecule has 84 valence electrons. The molecule has 0 bridgehead atoms. The second-order valence-corrected chi connectivity index (χ2v) is 4.83. The average molecular weight is 232 g/mol. The molecule has 1 saturated carbocycles. The van der Waals surface area contributed by atoms with Crippen LogP contribution in [0.15, 0.2) is 0 Å². The van der Waals surface area contributed by atoms with Gasteiger partial charge in [0.15, 0.2) is 0 Å². The summed E-state index contributed by atoms with van der Waals surface area (Å²) in [7, 11) is -5.17. The first-order valence-corrected chi connectivity index (χ1v) is 5.60. The molecule has 0 aromatic carbocycles. The van der Waals surface area contributed by atoms with Gasteiger partial charge in [-0.1, -0.05) is 0 Å². The van der Waals surface area contributed by atoms with Crippen LogP contribution in [0.4, 0.5) is 13.2 Å². The lowest BCUT2D eigenvalue weighted by molar-refractivity contribution is -0.0447. The van der Waals surface area contributed by atoms with Crippen molar-refractivity contribution in [2.75, 3.05) is 13.1 Å². The van der Waals surface area contributed by atoms with Gasteiger partial charge in [-0.25, -0.2) is 13.1 Å². The van der Waals surface area contributed by atoms with Gasteiger partial charge in [0.2, 0.25) is 0 Å². The van der Waals surface area contributed by atoms with Gasteiger partial charge in [0.05, 0.1) is 0 Å². The Morgan fingerprint density at radius 3 is 2.21 bits per heavy atom. The number of rotatable bonds is 5. The van der Waals surface area contributed by atoms with E-state index in [-0.39, 0.29) is 13.1 Å². The number of alkyl halides is 3. The number of sulfonamides is 1. The first-order chi connectivity index (χ1) is 6.33. The predicted molar refractivity (Wildman–Crippen MR) is 44.0 cm³/mol. The van der Waals surface area contributed by atoms with Gasteiger partial charge in [-0.3, -0.25) is 0 Å². The summed E-state index contributed by atoms with van der Waals surface area (Å²) in [4.78, 5) is 0. The number of nitrogens with one attached hydrogen (secondary N) is 2. The van der Waals surface area contributed by atoms with E-state index >= 15 is 0 Å². The second-order valence-electron chi connectivity index (χ2n) is 3.07. The Bertz CT molecular complexity index is 284. The number of hydrogen-bond acceptors (Lipinski definition) is 3. The summed E-state index contributed by atoms with van der Waals surface area (Å²) in [6.07, 6.45) is 2.01. The fourth-order valence-electron chi connectivity index (χ4n) is 0.831. The van der Waals surface area contributed by atoms with Crippen molar-refractivity contribution in [2.24, 2.45) is 0 Å². The van der Waals surface area contributed by atoms with Crippen molar-refractivity contribution < 1.29 is 21.6 Å². The molecule has 0 aromatic heterocycles. The predicted octanol–water partition coefficient (Wildman–Crippen LogP) is 0.178. The van der Waals surface area contributed by atoms with E-state index < -0.39 is 15.5 Å². The minimum Gasteiger partial charge on any atom is -0.313 e. The Hall–Kier alpha value is -0.340. The largest absolute Gasteiger partial charge is 0.511 e. The molecule has 1 aliphatic carbocycles. The fourth-order valence-corrected chi connectivity index (χ4v) is 1.37. The molecule has 1 aliphatic rings. The van der Waals surface area contributed by atoms with E-state index in [0.29, 0.717) is 6.04 Å². The summed E-state index contributed by atoms with van der Waals surface area (Å²) in [5.74, 6) is 0. The fraction of sp³-hybridized carbons (Fsp3) is 1.00. The summed E-state index contributed by atoms with van der Waals surface area (Å²) in [6.45, 7) is -0.0156. The van der Waals surface area contributed by atoms with Gasteiger partial charge in [-0.2, -0.15) is 13.2 Å². The quantitative estimate of drug-likeness (QED) is 0.665. The van der Waals surface area contributed by atoms with E-state index in [1.54, 1.807) is 0 Å². The van der Waals surface area contributed by atoms with Gasteiger partial charge >= 0.3 is 15.5 Å². The molecule has 0 radical (unpaired) electrons. The highest BCUT2D eigenvalue weighted by molar-refractivity contribution is 7.90. The second kappa shape index (κ2) is 4.03. The Morgan fingerprint density at radius 1 is 1.21 bits per heavy atom. The maximum Gasteiger partial charge on any atom is 0.511 e. The lowest BCUT2D eigenvalue weighted by Gasteiger charge is -2.09. The van der Waals surface area contributed by atoms with E-state index in [9.17, 15) is 21.6 Å². The van der Waals surface area contributed by atoms with Gasteiger partial charge < -0.3 is 5.32 Å². The first-order valence-electron chi connectivity index (χ1n) is 4.12. The topological polar surface area (TPSA) is 58.2 Å². The van der Waals surface area contributed by atoms with E-state index in [0.717, 1.165) is 12.8 Å². The summed E-state index contributed by atoms with van der Waals surface area (Å²) >= 11 is 0. The highest BCUT2D eigenvalue weighted by atomic mass is 32.2. The van der Waals surface area contributed by atoms with Crippen molar-refractivity contribution in [3.05, 3.63) is 0 Å². The smallest absolute Gasteiger partial charge is 0.313 e. The Labute approximate surface area is 79.9 Å². The zero-order valence-electron chi connectivity index (χ0n) is 7.26. The van der Waals surface area contributed by atoms with Crippen molar-refractivity contribution in [2.45, 2.75) is 24.4 Å². The van der Waals surface area contributed by atoms with Gasteiger partial charge in [-0.05, 0) is 12.8 Å². The molecular formula is C6H11F3N2O2S. The summed E-state index contributed by atoms with van der Waals surface area (Å²) in [6, 6.07) is 0.352. The van der Waals surface area contributed by atoms with Crippen LogP contribution in [-0.2, 0) is 10.0 Å². The average Bonchev–Trinajstić information content (AvgIpc) is 2.79. The molecule has 1 fully saturated rings. The van der Waals surface area contributed by atoms with E-state index in [1.165, 1.54) is 4.72 Å². The molecule has 0 unspecified atom stereocenters. The van der Waals surface area contributed by atoms with E-state index in [2.05, 4.69) is 5.32 Å². The summed E-state index contributed by atoms with van der Waals surface area (Å²) in [5.41, 5.74) is -5.22. The molecule has 4 nitrogen and oxygen atoms in total. The van der Waals surface area contributed by atoms with E-state index in [1.807, 2.05) is 0 Å². The molecule has 8 heteroatoms. The van der Waals surface area contributed by atoms with Crippen LogP contribution in [0.5, 0.6) is 0 Å². The molecule has 0 saturated heterocycles. The van der Waals surface area contributed by atoms with Gasteiger partial charge in [0.25, 0.3) is 0 Å².